The molecule has 130 valence electrons. The summed E-state index contributed by atoms with van der Waals surface area (Å²) in [5.74, 6) is -1.93. The molecule has 2 atom stereocenters. The fourth-order valence-electron chi connectivity index (χ4n) is 1.49. The summed E-state index contributed by atoms with van der Waals surface area (Å²) in [7, 11) is 0. The van der Waals surface area contributed by atoms with Gasteiger partial charge in [-0.25, -0.2) is 4.79 Å². The molecule has 22 heavy (non-hydrogen) atoms. The number of amides is 1. The smallest absolute Gasteiger partial charge is 0.326 e. The molecular weight excluding hydrogens is 292 g/mol. The lowest BCUT2D eigenvalue weighted by atomic mass is 10.1. The van der Waals surface area contributed by atoms with Gasteiger partial charge >= 0.3 is 11.9 Å². The Hall–Kier alpha value is -1.71. The van der Waals surface area contributed by atoms with Crippen molar-refractivity contribution in [1.82, 2.24) is 5.32 Å². The second kappa shape index (κ2) is 15.7. The number of aliphatic carboxylic acids is 2. The Kier molecular flexibility index (Phi) is 16.1. The van der Waals surface area contributed by atoms with Crippen LogP contribution in [0.3, 0.4) is 0 Å². The minimum Gasteiger partial charge on any atom is -0.480 e. The van der Waals surface area contributed by atoms with Crippen molar-refractivity contribution in [2.24, 2.45) is 17.2 Å². The largest absolute Gasteiger partial charge is 0.480 e. The molecule has 0 aromatic carbocycles. The number of carboxylic acid groups (broad SMARTS) is 2. The molecule has 0 saturated carbocycles. The molecule has 9 N–H and O–H groups in total. The maximum Gasteiger partial charge on any atom is 0.326 e. The van der Waals surface area contributed by atoms with E-state index in [2.05, 4.69) is 5.32 Å². The van der Waals surface area contributed by atoms with Gasteiger partial charge in [0, 0.05) is 0 Å². The van der Waals surface area contributed by atoms with Gasteiger partial charge in [-0.2, -0.15) is 0 Å². The summed E-state index contributed by atoms with van der Waals surface area (Å²) in [4.78, 5) is 30.5. The normalized spacial score (nSPS) is 12.5. The molecule has 0 rings (SSSR count). The molecular formula is C13H28N4O5. The van der Waals surface area contributed by atoms with Crippen molar-refractivity contribution in [2.75, 3.05) is 13.1 Å². The maximum absolute atomic E-state index is 10.4. The van der Waals surface area contributed by atoms with Crippen LogP contribution >= 0.6 is 0 Å². The molecule has 0 spiro atoms. The molecule has 0 saturated heterocycles. The predicted molar refractivity (Wildman–Crippen MR) is 82.0 cm³/mol. The minimum absolute atomic E-state index is 0.404. The topological polar surface area (TPSA) is 182 Å². The highest BCUT2D eigenvalue weighted by molar-refractivity contribution is 5.76. The van der Waals surface area contributed by atoms with Crippen LogP contribution in [-0.2, 0) is 14.4 Å². The first-order valence-electron chi connectivity index (χ1n) is 7.21. The highest BCUT2D eigenvalue weighted by Gasteiger charge is 2.14. The van der Waals surface area contributed by atoms with Crippen molar-refractivity contribution in [3.8, 4) is 0 Å². The number of nitrogens with one attached hydrogen (secondary N) is 1. The number of carbonyl (C=O) groups excluding carboxylic acids is 1. The summed E-state index contributed by atoms with van der Waals surface area (Å²) in [5.41, 5.74) is 15.6. The van der Waals surface area contributed by atoms with Crippen LogP contribution in [-0.4, -0.2) is 53.7 Å². The van der Waals surface area contributed by atoms with E-state index in [4.69, 9.17) is 27.4 Å². The molecule has 0 unspecified atom stereocenters. The summed E-state index contributed by atoms with van der Waals surface area (Å²) in [6.07, 6.45) is 4.50. The highest BCUT2D eigenvalue weighted by Crippen LogP contribution is 1.99. The summed E-state index contributed by atoms with van der Waals surface area (Å²) < 4.78 is 0. The average molecular weight is 320 g/mol. The third-order valence-electron chi connectivity index (χ3n) is 2.80. The Morgan fingerprint density at radius 1 is 0.955 bits per heavy atom. The Balaban J connectivity index is 0. The number of hydrogen-bond donors (Lipinski definition) is 6. The second-order valence-corrected chi connectivity index (χ2v) is 4.69. The van der Waals surface area contributed by atoms with Crippen LogP contribution in [0.15, 0.2) is 0 Å². The number of rotatable bonds is 12. The van der Waals surface area contributed by atoms with Gasteiger partial charge in [0.2, 0.25) is 6.41 Å². The SMILES string of the molecule is NCCCC[C@H](N)C(=O)O.NCCCC[C@H](NC=O)C(=O)O. The van der Waals surface area contributed by atoms with Gasteiger partial charge < -0.3 is 32.7 Å². The Labute approximate surface area is 130 Å². The maximum atomic E-state index is 10.4. The minimum atomic E-state index is -1.00. The van der Waals surface area contributed by atoms with Gasteiger partial charge in [-0.05, 0) is 45.2 Å². The first-order chi connectivity index (χ1) is 10.4. The summed E-state index contributed by atoms with van der Waals surface area (Å²) in [6, 6.07) is -1.49. The van der Waals surface area contributed by atoms with Crippen LogP contribution in [0.2, 0.25) is 0 Å². The van der Waals surface area contributed by atoms with Gasteiger partial charge in [-0.15, -0.1) is 0 Å². The van der Waals surface area contributed by atoms with Crippen LogP contribution < -0.4 is 22.5 Å². The summed E-state index contributed by atoms with van der Waals surface area (Å²) in [5, 5.41) is 19.1. The van der Waals surface area contributed by atoms with Crippen molar-refractivity contribution in [2.45, 2.75) is 50.6 Å². The molecule has 9 heteroatoms. The predicted octanol–water partition coefficient (Wildman–Crippen LogP) is -1.16. The third-order valence-corrected chi connectivity index (χ3v) is 2.80. The third kappa shape index (κ3) is 14.7. The standard InChI is InChI=1S/C7H14N2O3.C6H14N2O2/c8-4-2-1-3-6(7(11)12)9-5-10;7-4-2-1-3-5(8)6(9)10/h5-6H,1-4,8H2,(H,9,10)(H,11,12);5H,1-4,7-8H2,(H,9,10)/t6-;5-/m00/s1. The fraction of sp³-hybridized carbons (Fsp3) is 0.769. The van der Waals surface area contributed by atoms with Crippen molar-refractivity contribution < 1.29 is 24.6 Å². The molecule has 0 fully saturated rings. The number of nitrogens with two attached hydrogens (primary N) is 3. The molecule has 0 heterocycles. The average Bonchev–Trinajstić information content (AvgIpc) is 2.47. The van der Waals surface area contributed by atoms with E-state index in [1.165, 1.54) is 0 Å². The fourth-order valence-corrected chi connectivity index (χ4v) is 1.49. The van der Waals surface area contributed by atoms with E-state index in [1.54, 1.807) is 0 Å². The summed E-state index contributed by atoms with van der Waals surface area (Å²) in [6.45, 7) is 1.15. The molecule has 1 amide bonds. The van der Waals surface area contributed by atoms with Gasteiger partial charge in [-0.3, -0.25) is 9.59 Å². The van der Waals surface area contributed by atoms with E-state index in [1.807, 2.05) is 0 Å². The van der Waals surface area contributed by atoms with Crippen LogP contribution in [0.25, 0.3) is 0 Å². The molecule has 0 bridgehead atoms. The van der Waals surface area contributed by atoms with Crippen molar-refractivity contribution >= 4 is 18.3 Å². The van der Waals surface area contributed by atoms with Gasteiger partial charge in [0.05, 0.1) is 0 Å². The van der Waals surface area contributed by atoms with Crippen molar-refractivity contribution in [1.29, 1.82) is 0 Å². The molecule has 0 aromatic heterocycles. The Morgan fingerprint density at radius 3 is 1.82 bits per heavy atom. The van der Waals surface area contributed by atoms with Gasteiger partial charge in [0.25, 0.3) is 0 Å². The highest BCUT2D eigenvalue weighted by atomic mass is 16.4. The van der Waals surface area contributed by atoms with E-state index >= 15 is 0 Å². The number of carbonyl (C=O) groups is 3. The molecule has 0 radical (unpaired) electrons. The van der Waals surface area contributed by atoms with Gasteiger partial charge in [0.1, 0.15) is 12.1 Å². The lowest BCUT2D eigenvalue weighted by Crippen LogP contribution is -2.35. The van der Waals surface area contributed by atoms with Crippen LogP contribution in [0, 0.1) is 0 Å². The van der Waals surface area contributed by atoms with E-state index < -0.39 is 24.0 Å². The van der Waals surface area contributed by atoms with Crippen molar-refractivity contribution in [3.05, 3.63) is 0 Å². The first-order valence-corrected chi connectivity index (χ1v) is 7.21. The van der Waals surface area contributed by atoms with Crippen LogP contribution in [0.1, 0.15) is 38.5 Å². The molecule has 9 nitrogen and oxygen atoms in total. The molecule has 0 aliphatic heterocycles. The zero-order valence-electron chi connectivity index (χ0n) is 12.7. The molecule has 0 aliphatic carbocycles. The van der Waals surface area contributed by atoms with E-state index in [0.29, 0.717) is 38.8 Å². The van der Waals surface area contributed by atoms with E-state index in [-0.39, 0.29) is 0 Å². The van der Waals surface area contributed by atoms with Gasteiger partial charge in [-0.1, -0.05) is 6.42 Å². The van der Waals surface area contributed by atoms with Gasteiger partial charge in [0.15, 0.2) is 0 Å². The van der Waals surface area contributed by atoms with Crippen molar-refractivity contribution in [3.63, 3.8) is 0 Å². The zero-order chi connectivity index (χ0) is 17.4. The lowest BCUT2D eigenvalue weighted by Gasteiger charge is -2.09. The number of carboxylic acids is 2. The monoisotopic (exact) mass is 320 g/mol. The number of unbranched alkanes of at least 4 members (excludes halogenated alkanes) is 2. The number of hydrogen-bond acceptors (Lipinski definition) is 6. The first kappa shape index (κ1) is 22.6. The Bertz CT molecular complexity index is 315. The molecule has 0 aliphatic rings. The van der Waals surface area contributed by atoms with E-state index in [0.717, 1.165) is 19.3 Å². The zero-order valence-corrected chi connectivity index (χ0v) is 12.7. The van der Waals surface area contributed by atoms with Crippen LogP contribution in [0.5, 0.6) is 0 Å². The van der Waals surface area contributed by atoms with Crippen LogP contribution in [0.4, 0.5) is 0 Å². The lowest BCUT2D eigenvalue weighted by molar-refractivity contribution is -0.141. The summed E-state index contributed by atoms with van der Waals surface area (Å²) >= 11 is 0. The second-order valence-electron chi connectivity index (χ2n) is 4.69. The quantitative estimate of drug-likeness (QED) is 0.192. The Morgan fingerprint density at radius 2 is 1.45 bits per heavy atom. The van der Waals surface area contributed by atoms with E-state index in [9.17, 15) is 14.4 Å². The molecule has 0 aromatic rings.